The third-order valence-electron chi connectivity index (χ3n) is 2.60. The summed E-state index contributed by atoms with van der Waals surface area (Å²) >= 11 is 1.62. The first-order valence-corrected chi connectivity index (χ1v) is 5.71. The van der Waals surface area contributed by atoms with Gasteiger partial charge in [-0.3, -0.25) is 4.79 Å². The second-order valence-corrected chi connectivity index (χ2v) is 4.57. The quantitative estimate of drug-likeness (QED) is 0.849. The number of nitrogens with two attached hydrogens (primary N) is 1. The minimum Gasteiger partial charge on any atom is -0.351 e. The van der Waals surface area contributed by atoms with Crippen LogP contribution in [0.1, 0.15) is 24.8 Å². The van der Waals surface area contributed by atoms with E-state index in [0.29, 0.717) is 0 Å². The molecule has 1 saturated carbocycles. The lowest BCUT2D eigenvalue weighted by Crippen LogP contribution is -2.32. The van der Waals surface area contributed by atoms with Crippen molar-refractivity contribution in [3.05, 3.63) is 22.4 Å². The van der Waals surface area contributed by atoms with Gasteiger partial charge in [0.25, 0.3) is 0 Å². The number of rotatable bonds is 3. The third kappa shape index (κ3) is 2.93. The van der Waals surface area contributed by atoms with Crippen LogP contribution in [0.15, 0.2) is 16.8 Å². The van der Waals surface area contributed by atoms with E-state index in [-0.39, 0.29) is 36.3 Å². The molecule has 3 atom stereocenters. The van der Waals surface area contributed by atoms with Gasteiger partial charge in [-0.05, 0) is 35.7 Å². The van der Waals surface area contributed by atoms with E-state index in [4.69, 9.17) is 5.73 Å². The van der Waals surface area contributed by atoms with Gasteiger partial charge in [-0.1, -0.05) is 0 Å². The lowest BCUT2D eigenvalue weighted by molar-refractivity contribution is -0.122. The van der Waals surface area contributed by atoms with Crippen molar-refractivity contribution in [3.8, 4) is 0 Å². The molecule has 3 unspecified atom stereocenters. The standard InChI is InChI=1S/C10H14N2OS.ClH/c1-6(7-2-3-14-5-7)10(13)12-9-4-8(9)11;/h2-3,5-6,8-9H,4,11H2,1H3,(H,12,13);1H. The molecule has 3 nitrogen and oxygen atoms in total. The van der Waals surface area contributed by atoms with Crippen LogP contribution in [-0.4, -0.2) is 18.0 Å². The molecule has 1 fully saturated rings. The lowest BCUT2D eigenvalue weighted by Gasteiger charge is -2.09. The molecule has 2 rings (SSSR count). The maximum Gasteiger partial charge on any atom is 0.227 e. The molecule has 0 saturated heterocycles. The highest BCUT2D eigenvalue weighted by molar-refractivity contribution is 7.08. The van der Waals surface area contributed by atoms with E-state index in [0.717, 1.165) is 12.0 Å². The van der Waals surface area contributed by atoms with Crippen LogP contribution in [0.25, 0.3) is 0 Å². The molecular weight excluding hydrogens is 232 g/mol. The summed E-state index contributed by atoms with van der Waals surface area (Å²) in [6, 6.07) is 2.37. The van der Waals surface area contributed by atoms with Gasteiger partial charge in [0, 0.05) is 12.1 Å². The number of halogens is 1. The normalized spacial score (nSPS) is 25.2. The molecule has 1 aromatic heterocycles. The molecule has 1 amide bonds. The number of carbonyl (C=O) groups is 1. The molecule has 1 aliphatic rings. The fourth-order valence-electron chi connectivity index (χ4n) is 1.36. The first kappa shape index (κ1) is 12.5. The number of amides is 1. The average Bonchev–Trinajstić information content (AvgIpc) is 2.72. The number of nitrogens with one attached hydrogen (secondary N) is 1. The Morgan fingerprint density at radius 1 is 1.73 bits per heavy atom. The highest BCUT2D eigenvalue weighted by Gasteiger charge is 2.35. The smallest absolute Gasteiger partial charge is 0.227 e. The van der Waals surface area contributed by atoms with Crippen molar-refractivity contribution in [2.24, 2.45) is 5.73 Å². The molecule has 3 N–H and O–H groups in total. The van der Waals surface area contributed by atoms with Gasteiger partial charge < -0.3 is 11.1 Å². The highest BCUT2D eigenvalue weighted by atomic mass is 35.5. The molecule has 1 aromatic rings. The van der Waals surface area contributed by atoms with Crippen molar-refractivity contribution in [1.82, 2.24) is 5.32 Å². The molecule has 0 spiro atoms. The van der Waals surface area contributed by atoms with Crippen LogP contribution in [-0.2, 0) is 4.79 Å². The Morgan fingerprint density at radius 2 is 2.40 bits per heavy atom. The SMILES string of the molecule is CC(C(=O)NC1CC1N)c1ccsc1.Cl. The van der Waals surface area contributed by atoms with Gasteiger partial charge in [0.15, 0.2) is 0 Å². The molecule has 0 bridgehead atoms. The second-order valence-electron chi connectivity index (χ2n) is 3.79. The summed E-state index contributed by atoms with van der Waals surface area (Å²) in [7, 11) is 0. The fourth-order valence-corrected chi connectivity index (χ4v) is 2.12. The largest absolute Gasteiger partial charge is 0.351 e. The van der Waals surface area contributed by atoms with E-state index in [1.54, 1.807) is 11.3 Å². The zero-order chi connectivity index (χ0) is 10.1. The first-order chi connectivity index (χ1) is 6.68. The summed E-state index contributed by atoms with van der Waals surface area (Å²) in [5, 5.41) is 6.93. The molecule has 0 aromatic carbocycles. The molecule has 1 heterocycles. The Balaban J connectivity index is 0.00000112. The van der Waals surface area contributed by atoms with Gasteiger partial charge in [0.05, 0.1) is 5.92 Å². The monoisotopic (exact) mass is 246 g/mol. The molecule has 0 aliphatic heterocycles. The molecule has 0 radical (unpaired) electrons. The third-order valence-corrected chi connectivity index (χ3v) is 3.31. The summed E-state index contributed by atoms with van der Waals surface area (Å²) in [5.74, 6) is 0.0235. The van der Waals surface area contributed by atoms with Crippen molar-refractivity contribution in [1.29, 1.82) is 0 Å². The predicted molar refractivity (Wildman–Crippen MR) is 64.5 cm³/mol. The summed E-state index contributed by atoms with van der Waals surface area (Å²) in [6.45, 7) is 1.92. The summed E-state index contributed by atoms with van der Waals surface area (Å²) in [6.07, 6.45) is 0.919. The summed E-state index contributed by atoms with van der Waals surface area (Å²) in [5.41, 5.74) is 6.71. The Hall–Kier alpha value is -0.580. The van der Waals surface area contributed by atoms with E-state index in [2.05, 4.69) is 5.32 Å². The summed E-state index contributed by atoms with van der Waals surface area (Å²) in [4.78, 5) is 11.7. The van der Waals surface area contributed by atoms with Crippen LogP contribution in [0, 0.1) is 0 Å². The van der Waals surface area contributed by atoms with E-state index in [9.17, 15) is 4.79 Å². The highest BCUT2D eigenvalue weighted by Crippen LogP contribution is 2.22. The molecule has 5 heteroatoms. The van der Waals surface area contributed by atoms with Gasteiger partial charge in [0.1, 0.15) is 0 Å². The fraction of sp³-hybridized carbons (Fsp3) is 0.500. The Bertz CT molecular complexity index is 328. The molecule has 1 aliphatic carbocycles. The van der Waals surface area contributed by atoms with Crippen LogP contribution in [0.3, 0.4) is 0 Å². The van der Waals surface area contributed by atoms with Gasteiger partial charge in [0.2, 0.25) is 5.91 Å². The maximum atomic E-state index is 11.7. The minimum atomic E-state index is -0.0611. The Morgan fingerprint density at radius 3 is 2.87 bits per heavy atom. The van der Waals surface area contributed by atoms with Gasteiger partial charge >= 0.3 is 0 Å². The van der Waals surface area contributed by atoms with Gasteiger partial charge in [-0.2, -0.15) is 11.3 Å². The second kappa shape index (κ2) is 4.96. The van der Waals surface area contributed by atoms with Crippen LogP contribution >= 0.6 is 23.7 Å². The number of thiophene rings is 1. The minimum absolute atomic E-state index is 0. The van der Waals surface area contributed by atoms with Gasteiger partial charge in [-0.15, -0.1) is 12.4 Å². The number of hydrogen-bond acceptors (Lipinski definition) is 3. The zero-order valence-corrected chi connectivity index (χ0v) is 10.1. The topological polar surface area (TPSA) is 55.1 Å². The van der Waals surface area contributed by atoms with Crippen molar-refractivity contribution in [2.75, 3.05) is 0 Å². The van der Waals surface area contributed by atoms with Crippen LogP contribution < -0.4 is 11.1 Å². The zero-order valence-electron chi connectivity index (χ0n) is 8.47. The van der Waals surface area contributed by atoms with E-state index in [1.165, 1.54) is 0 Å². The number of hydrogen-bond donors (Lipinski definition) is 2. The summed E-state index contributed by atoms with van der Waals surface area (Å²) < 4.78 is 0. The average molecular weight is 247 g/mol. The van der Waals surface area contributed by atoms with Crippen molar-refractivity contribution in [2.45, 2.75) is 31.3 Å². The molecule has 84 valence electrons. The van der Waals surface area contributed by atoms with Crippen molar-refractivity contribution in [3.63, 3.8) is 0 Å². The van der Waals surface area contributed by atoms with Crippen molar-refractivity contribution < 1.29 is 4.79 Å². The van der Waals surface area contributed by atoms with E-state index in [1.807, 2.05) is 23.8 Å². The van der Waals surface area contributed by atoms with E-state index < -0.39 is 0 Å². The van der Waals surface area contributed by atoms with Crippen LogP contribution in [0.2, 0.25) is 0 Å². The van der Waals surface area contributed by atoms with E-state index >= 15 is 0 Å². The first-order valence-electron chi connectivity index (χ1n) is 4.76. The van der Waals surface area contributed by atoms with Crippen molar-refractivity contribution >= 4 is 29.7 Å². The lowest BCUT2D eigenvalue weighted by atomic mass is 10.0. The maximum absolute atomic E-state index is 11.7. The Labute approximate surface area is 99.5 Å². The predicted octanol–water partition coefficient (Wildman–Crippen LogP) is 1.49. The Kier molecular flexibility index (Phi) is 4.13. The van der Waals surface area contributed by atoms with Crippen LogP contribution in [0.4, 0.5) is 0 Å². The molecular formula is C10H15ClN2OS. The number of carbonyl (C=O) groups excluding carboxylic acids is 1. The molecule has 15 heavy (non-hydrogen) atoms. The van der Waals surface area contributed by atoms with Crippen LogP contribution in [0.5, 0.6) is 0 Å². The van der Waals surface area contributed by atoms with Gasteiger partial charge in [-0.25, -0.2) is 0 Å².